The Kier molecular flexibility index (Phi) is 3.11. The Morgan fingerprint density at radius 1 is 1.32 bits per heavy atom. The largest absolute Gasteiger partial charge is 0.393 e. The summed E-state index contributed by atoms with van der Waals surface area (Å²) in [5.74, 6) is -0.319. The van der Waals surface area contributed by atoms with E-state index >= 15 is 0 Å². The lowest BCUT2D eigenvalue weighted by Gasteiger charge is -2.34. The molecule has 19 heavy (non-hydrogen) atoms. The second-order valence-corrected chi connectivity index (χ2v) is 8.02. The van der Waals surface area contributed by atoms with Crippen LogP contribution in [0.2, 0.25) is 0 Å². The van der Waals surface area contributed by atoms with Crippen LogP contribution in [0.1, 0.15) is 60.8 Å². The number of cyclic esters (lactones) is 2. The summed E-state index contributed by atoms with van der Waals surface area (Å²) in [4.78, 5) is 23.1. The summed E-state index contributed by atoms with van der Waals surface area (Å²) in [5, 5.41) is 0. The third-order valence-electron chi connectivity index (χ3n) is 5.94. The molecule has 0 aromatic heterocycles. The SMILES string of the molecule is CC(C)C1(C)CC1(C)CC(C)(C)C1CC(=O)OC1=O. The summed E-state index contributed by atoms with van der Waals surface area (Å²) >= 11 is 0. The minimum absolute atomic E-state index is 0.176. The van der Waals surface area contributed by atoms with E-state index in [4.69, 9.17) is 4.74 Å². The van der Waals surface area contributed by atoms with Crippen LogP contribution >= 0.6 is 0 Å². The summed E-state index contributed by atoms with van der Waals surface area (Å²) in [7, 11) is 0. The van der Waals surface area contributed by atoms with Crippen LogP contribution in [-0.4, -0.2) is 11.9 Å². The van der Waals surface area contributed by atoms with Gasteiger partial charge in [0, 0.05) is 0 Å². The normalized spacial score (nSPS) is 38.8. The molecule has 1 aliphatic carbocycles. The third-order valence-corrected chi connectivity index (χ3v) is 5.94. The number of hydrogen-bond donors (Lipinski definition) is 0. The van der Waals surface area contributed by atoms with Gasteiger partial charge in [0.05, 0.1) is 12.3 Å². The van der Waals surface area contributed by atoms with Gasteiger partial charge < -0.3 is 4.74 Å². The molecule has 0 N–H and O–H groups in total. The number of hydrogen-bond acceptors (Lipinski definition) is 3. The van der Waals surface area contributed by atoms with Crippen molar-refractivity contribution in [2.45, 2.75) is 60.8 Å². The van der Waals surface area contributed by atoms with Crippen LogP contribution in [0.15, 0.2) is 0 Å². The van der Waals surface area contributed by atoms with Gasteiger partial charge in [0.15, 0.2) is 0 Å². The van der Waals surface area contributed by atoms with Crippen molar-refractivity contribution in [2.24, 2.45) is 28.1 Å². The molecule has 0 amide bonds. The van der Waals surface area contributed by atoms with Gasteiger partial charge in [0.1, 0.15) is 0 Å². The van der Waals surface area contributed by atoms with Crippen molar-refractivity contribution in [3.63, 3.8) is 0 Å². The van der Waals surface area contributed by atoms with Crippen LogP contribution in [0.25, 0.3) is 0 Å². The van der Waals surface area contributed by atoms with E-state index in [0.717, 1.165) is 6.42 Å². The molecule has 0 radical (unpaired) electrons. The smallest absolute Gasteiger partial charge is 0.317 e. The highest BCUT2D eigenvalue weighted by molar-refractivity contribution is 5.95. The molecule has 0 bridgehead atoms. The second-order valence-electron chi connectivity index (χ2n) is 8.02. The second kappa shape index (κ2) is 4.07. The van der Waals surface area contributed by atoms with Gasteiger partial charge in [-0.1, -0.05) is 41.5 Å². The molecule has 3 unspecified atom stereocenters. The first-order valence-electron chi connectivity index (χ1n) is 7.26. The predicted octanol–water partition coefficient (Wildman–Crippen LogP) is 3.56. The minimum Gasteiger partial charge on any atom is -0.393 e. The van der Waals surface area contributed by atoms with Crippen molar-refractivity contribution in [1.29, 1.82) is 0 Å². The van der Waals surface area contributed by atoms with E-state index in [1.165, 1.54) is 6.42 Å². The summed E-state index contributed by atoms with van der Waals surface area (Å²) in [6.45, 7) is 13.4. The zero-order valence-corrected chi connectivity index (χ0v) is 13.0. The molecule has 2 aliphatic rings. The Morgan fingerprint density at radius 3 is 2.26 bits per heavy atom. The highest BCUT2D eigenvalue weighted by atomic mass is 16.6. The number of carbonyl (C=O) groups excluding carboxylic acids is 2. The average Bonchev–Trinajstić information content (AvgIpc) is 2.60. The van der Waals surface area contributed by atoms with Crippen LogP contribution in [0.3, 0.4) is 0 Å². The average molecular weight is 266 g/mol. The Balaban J connectivity index is 2.11. The van der Waals surface area contributed by atoms with Gasteiger partial charge in [-0.05, 0) is 35.0 Å². The Labute approximate surface area is 116 Å². The first kappa shape index (κ1) is 14.5. The van der Waals surface area contributed by atoms with Crippen molar-refractivity contribution in [3.8, 4) is 0 Å². The Bertz CT molecular complexity index is 424. The van der Waals surface area contributed by atoms with Crippen molar-refractivity contribution in [2.75, 3.05) is 0 Å². The highest BCUT2D eigenvalue weighted by Crippen LogP contribution is 2.71. The molecule has 1 saturated carbocycles. The van der Waals surface area contributed by atoms with Crippen LogP contribution in [0.5, 0.6) is 0 Å². The van der Waals surface area contributed by atoms with Gasteiger partial charge in [-0.2, -0.15) is 0 Å². The van der Waals surface area contributed by atoms with E-state index in [9.17, 15) is 9.59 Å². The highest BCUT2D eigenvalue weighted by Gasteiger charge is 2.64. The molecule has 2 fully saturated rings. The summed E-state index contributed by atoms with van der Waals surface area (Å²) in [6, 6.07) is 0. The fraction of sp³-hybridized carbons (Fsp3) is 0.875. The predicted molar refractivity (Wildman–Crippen MR) is 73.3 cm³/mol. The van der Waals surface area contributed by atoms with Crippen LogP contribution in [0, 0.1) is 28.1 Å². The quantitative estimate of drug-likeness (QED) is 0.577. The number of rotatable bonds is 4. The standard InChI is InChI=1S/C16H26O3/c1-10(2)16(6)9-15(16,5)8-14(3,4)11-7-12(17)19-13(11)18/h10-11H,7-9H2,1-6H3. The molecule has 2 rings (SSSR count). The molecule has 1 saturated heterocycles. The Hall–Kier alpha value is -0.860. The van der Waals surface area contributed by atoms with Crippen LogP contribution in [0.4, 0.5) is 0 Å². The topological polar surface area (TPSA) is 43.4 Å². The molecule has 3 nitrogen and oxygen atoms in total. The minimum atomic E-state index is -0.365. The van der Waals surface area contributed by atoms with Crippen molar-refractivity contribution in [3.05, 3.63) is 0 Å². The van der Waals surface area contributed by atoms with Gasteiger partial charge in [0.2, 0.25) is 0 Å². The first-order chi connectivity index (χ1) is 8.52. The third kappa shape index (κ3) is 2.21. The van der Waals surface area contributed by atoms with Crippen LogP contribution < -0.4 is 0 Å². The van der Waals surface area contributed by atoms with Crippen molar-refractivity contribution >= 4 is 11.9 Å². The molecule has 3 heteroatoms. The maximum atomic E-state index is 11.8. The molecule has 108 valence electrons. The van der Waals surface area contributed by atoms with E-state index in [-0.39, 0.29) is 35.1 Å². The lowest BCUT2D eigenvalue weighted by atomic mass is 9.68. The fourth-order valence-electron chi connectivity index (χ4n) is 4.13. The Morgan fingerprint density at radius 2 is 1.89 bits per heavy atom. The van der Waals surface area contributed by atoms with E-state index < -0.39 is 0 Å². The maximum Gasteiger partial charge on any atom is 0.317 e. The van der Waals surface area contributed by atoms with E-state index in [1.54, 1.807) is 0 Å². The molecule has 0 aromatic rings. The van der Waals surface area contributed by atoms with E-state index in [2.05, 4.69) is 41.5 Å². The molecular formula is C16H26O3. The molecule has 1 heterocycles. The zero-order valence-electron chi connectivity index (χ0n) is 13.0. The number of carbonyl (C=O) groups is 2. The van der Waals surface area contributed by atoms with Gasteiger partial charge in [-0.25, -0.2) is 0 Å². The molecular weight excluding hydrogens is 240 g/mol. The zero-order chi connectivity index (χ0) is 14.6. The van der Waals surface area contributed by atoms with Crippen LogP contribution in [-0.2, 0) is 14.3 Å². The molecule has 3 atom stereocenters. The summed E-state index contributed by atoms with van der Waals surface area (Å²) < 4.78 is 4.72. The van der Waals surface area contributed by atoms with E-state index in [1.807, 2.05) is 0 Å². The van der Waals surface area contributed by atoms with Gasteiger partial charge in [-0.15, -0.1) is 0 Å². The van der Waals surface area contributed by atoms with Crippen molar-refractivity contribution < 1.29 is 14.3 Å². The van der Waals surface area contributed by atoms with Gasteiger partial charge in [0.25, 0.3) is 0 Å². The van der Waals surface area contributed by atoms with Gasteiger partial charge in [-0.3, -0.25) is 9.59 Å². The lowest BCUT2D eigenvalue weighted by Crippen LogP contribution is -2.32. The van der Waals surface area contributed by atoms with E-state index in [0.29, 0.717) is 11.3 Å². The summed E-state index contributed by atoms with van der Waals surface area (Å²) in [6.07, 6.45) is 2.43. The fourth-order valence-corrected chi connectivity index (χ4v) is 4.13. The lowest BCUT2D eigenvalue weighted by molar-refractivity contribution is -0.154. The summed E-state index contributed by atoms with van der Waals surface area (Å²) in [5.41, 5.74) is 0.456. The van der Waals surface area contributed by atoms with Crippen molar-refractivity contribution in [1.82, 2.24) is 0 Å². The molecule has 1 aliphatic heterocycles. The molecule has 0 aromatic carbocycles. The maximum absolute atomic E-state index is 11.8. The number of ether oxygens (including phenoxy) is 1. The number of esters is 2. The van der Waals surface area contributed by atoms with Gasteiger partial charge >= 0.3 is 11.9 Å². The first-order valence-corrected chi connectivity index (χ1v) is 7.26. The molecule has 0 spiro atoms. The monoisotopic (exact) mass is 266 g/mol.